The third-order valence-corrected chi connectivity index (χ3v) is 23.9. The lowest BCUT2D eigenvalue weighted by Gasteiger charge is -2.45. The number of hydrogen-bond donors (Lipinski definition) is 3. The zero-order chi connectivity index (χ0) is 75.4. The first-order chi connectivity index (χ1) is 48.0. The molecule has 7 fully saturated rings. The van der Waals surface area contributed by atoms with Crippen molar-refractivity contribution in [1.82, 2.24) is 60.0 Å². The summed E-state index contributed by atoms with van der Waals surface area (Å²) >= 11 is 6.39. The zero-order valence-electron chi connectivity index (χ0n) is 61.8. The Morgan fingerprint density at radius 1 is 0.598 bits per heavy atom. The lowest BCUT2D eigenvalue weighted by Crippen LogP contribution is -2.65. The predicted molar refractivity (Wildman–Crippen MR) is 370 cm³/mol. The molecule has 4 saturated heterocycles. The van der Waals surface area contributed by atoms with Gasteiger partial charge in [-0.3, -0.25) is 57.5 Å². The first kappa shape index (κ1) is 82.9. The fourth-order valence-electron chi connectivity index (χ4n) is 16.4. The van der Waals surface area contributed by atoms with E-state index in [0.29, 0.717) is 32.1 Å². The molecule has 7 rings (SSSR count). The molecule has 12 amide bonds. The number of amides is 12. The van der Waals surface area contributed by atoms with E-state index in [1.807, 2.05) is 20.8 Å². The van der Waals surface area contributed by atoms with Gasteiger partial charge >= 0.3 is 6.18 Å². The maximum absolute atomic E-state index is 15.4. The molecule has 3 saturated carbocycles. The number of nitrogens with zero attached hydrogens (tertiary/aromatic N) is 9. The molecule has 30 heteroatoms. The molecule has 24 nitrogen and oxygen atoms in total. The maximum atomic E-state index is 15.4. The monoisotopic (exact) mass is 1470 g/mol. The van der Waals surface area contributed by atoms with Crippen LogP contribution in [0.4, 0.5) is 22.0 Å². The highest BCUT2D eigenvalue weighted by atomic mass is 35.5. The van der Waals surface area contributed by atoms with E-state index in [-0.39, 0.29) is 115 Å². The highest BCUT2D eigenvalue weighted by Crippen LogP contribution is 2.44. The van der Waals surface area contributed by atoms with Gasteiger partial charge in [0.15, 0.2) is 0 Å². The highest BCUT2D eigenvalue weighted by molar-refractivity contribution is 6.21. The van der Waals surface area contributed by atoms with E-state index in [1.165, 1.54) is 73.7 Å². The molecule has 576 valence electrons. The Bertz CT molecular complexity index is 2990. The minimum absolute atomic E-state index is 0.000366. The molecule has 0 aromatic heterocycles. The molecular weight excluding hydrogens is 1360 g/mol. The average molecular weight is 1470 g/mol. The van der Waals surface area contributed by atoms with E-state index < -0.39 is 192 Å². The first-order valence-corrected chi connectivity index (χ1v) is 37.9. The van der Waals surface area contributed by atoms with Crippen molar-refractivity contribution in [1.29, 1.82) is 0 Å². The zero-order valence-corrected chi connectivity index (χ0v) is 62.6. The summed E-state index contributed by atoms with van der Waals surface area (Å²) in [6, 6.07) is -11.8. The van der Waals surface area contributed by atoms with Crippen LogP contribution in [-0.4, -0.2) is 268 Å². The summed E-state index contributed by atoms with van der Waals surface area (Å²) in [6.45, 7) is 8.76. The van der Waals surface area contributed by atoms with E-state index in [9.17, 15) is 55.5 Å². The predicted octanol–water partition coefficient (Wildman–Crippen LogP) is 6.48. The van der Waals surface area contributed by atoms with Gasteiger partial charge in [-0.25, -0.2) is 8.78 Å². The van der Waals surface area contributed by atoms with Crippen LogP contribution in [0.1, 0.15) is 202 Å². The maximum Gasteiger partial charge on any atom is 0.393 e. The minimum atomic E-state index is -4.54. The summed E-state index contributed by atoms with van der Waals surface area (Å²) in [5.41, 5.74) is -1.75. The Hall–Kier alpha value is -6.42. The third-order valence-electron chi connectivity index (χ3n) is 23.4. The van der Waals surface area contributed by atoms with Crippen LogP contribution in [0, 0.1) is 29.6 Å². The van der Waals surface area contributed by atoms with Gasteiger partial charge in [-0.1, -0.05) is 79.1 Å². The molecule has 0 radical (unpaired) electrons. The summed E-state index contributed by atoms with van der Waals surface area (Å²) < 4.78 is 71.0. The third kappa shape index (κ3) is 20.1. The number of piperidine rings is 1. The molecule has 3 unspecified atom stereocenters. The highest BCUT2D eigenvalue weighted by Gasteiger charge is 2.52. The van der Waals surface area contributed by atoms with Gasteiger partial charge in [0.1, 0.15) is 59.9 Å². The van der Waals surface area contributed by atoms with E-state index in [1.54, 1.807) is 6.92 Å². The summed E-state index contributed by atoms with van der Waals surface area (Å²) in [6.07, 6.45) is -1.41. The van der Waals surface area contributed by atoms with Crippen LogP contribution in [0.5, 0.6) is 0 Å². The normalized spacial score (nSPS) is 30.6. The molecule has 13 atom stereocenters. The number of hydrogen-bond acceptors (Lipinski definition) is 12. The van der Waals surface area contributed by atoms with Crippen LogP contribution in [0.3, 0.4) is 0 Å². The summed E-state index contributed by atoms with van der Waals surface area (Å²) in [4.78, 5) is 191. The molecule has 102 heavy (non-hydrogen) atoms. The summed E-state index contributed by atoms with van der Waals surface area (Å²) in [5, 5.41) is 7.36. The summed E-state index contributed by atoms with van der Waals surface area (Å²) in [5.74, 6) is -11.5. The van der Waals surface area contributed by atoms with Crippen molar-refractivity contribution in [2.24, 2.45) is 29.6 Å². The molecular formula is C72H114ClF5N12O12. The van der Waals surface area contributed by atoms with Gasteiger partial charge in [0.2, 0.25) is 77.3 Å². The van der Waals surface area contributed by atoms with E-state index in [4.69, 9.17) is 11.6 Å². The smallest absolute Gasteiger partial charge is 0.343 e. The van der Waals surface area contributed by atoms with Gasteiger partial charge in [0.25, 0.3) is 0 Å². The van der Waals surface area contributed by atoms with E-state index >= 15 is 24.0 Å². The van der Waals surface area contributed by atoms with Gasteiger partial charge in [0, 0.05) is 80.3 Å². The van der Waals surface area contributed by atoms with Gasteiger partial charge in [-0.05, 0) is 133 Å². The Morgan fingerprint density at radius 3 is 1.82 bits per heavy atom. The number of rotatable bonds is 13. The molecule has 3 aliphatic carbocycles. The number of alkyl halides is 6. The largest absolute Gasteiger partial charge is 0.393 e. The van der Waals surface area contributed by atoms with Crippen LogP contribution in [0.2, 0.25) is 0 Å². The number of carbonyl (C=O) groups is 12. The Kier molecular flexibility index (Phi) is 29.7. The number of likely N-dealkylation sites (N-methyl/N-ethyl adjacent to an activating group) is 6. The molecule has 4 aliphatic heterocycles. The second-order valence-electron chi connectivity index (χ2n) is 30.8. The van der Waals surface area contributed by atoms with Crippen LogP contribution < -0.4 is 16.0 Å². The molecule has 3 N–H and O–H groups in total. The van der Waals surface area contributed by atoms with Crippen LogP contribution in [0.15, 0.2) is 0 Å². The molecule has 4 heterocycles. The number of halogens is 6. The molecule has 7 aliphatic rings. The second-order valence-corrected chi connectivity index (χ2v) is 31.4. The number of fused-ring (bicyclic) bond motifs is 2. The summed E-state index contributed by atoms with van der Waals surface area (Å²) in [7, 11) is 8.13. The van der Waals surface area contributed by atoms with Crippen molar-refractivity contribution in [3.63, 3.8) is 0 Å². The van der Waals surface area contributed by atoms with Gasteiger partial charge in [-0.15, -0.1) is 11.6 Å². The fraction of sp³-hybridized carbons (Fsp3) is 0.833. The Labute approximate surface area is 603 Å². The lowest BCUT2D eigenvalue weighted by molar-refractivity contribution is -0.182. The van der Waals surface area contributed by atoms with Crippen LogP contribution in [0.25, 0.3) is 0 Å². The van der Waals surface area contributed by atoms with Crippen LogP contribution >= 0.6 is 11.6 Å². The number of likely N-dealkylation sites (tertiary alicyclic amines) is 1. The van der Waals surface area contributed by atoms with E-state index in [2.05, 4.69) is 16.0 Å². The number of nitrogens with one attached hydrogen (secondary N) is 3. The van der Waals surface area contributed by atoms with Crippen molar-refractivity contribution >= 4 is 82.5 Å². The quantitative estimate of drug-likeness (QED) is 0.132. The average Bonchev–Trinajstić information content (AvgIpc) is 1.38. The minimum Gasteiger partial charge on any atom is -0.343 e. The first-order valence-electron chi connectivity index (χ1n) is 37.4. The molecule has 0 aromatic carbocycles. The van der Waals surface area contributed by atoms with Crippen molar-refractivity contribution in [2.75, 3.05) is 75.0 Å². The molecule has 0 bridgehead atoms. The molecule has 0 aromatic rings. The van der Waals surface area contributed by atoms with Crippen LogP contribution in [-0.2, 0) is 57.5 Å². The van der Waals surface area contributed by atoms with E-state index in [0.717, 1.165) is 58.1 Å². The van der Waals surface area contributed by atoms with Gasteiger partial charge in [0.05, 0.1) is 18.9 Å². The van der Waals surface area contributed by atoms with Gasteiger partial charge in [-0.2, -0.15) is 13.2 Å². The standard InChI is InChI=1S/C72H114ClF5N12O12/c1-12-44(4)60-69(101)83(7)45(5)63(95)90-37-31-53(90)67(99)85(9)55(40-46-22-15-13-16-23-46)65(97)82(6)42-58(91)79-50(28-26-47-25-27-48(49(73)39-47)72(76,77)78)64(96)89-36-21-24-51(89)62(94)81-71(32-17-18-33-71)70(102)87(11)52(29-30-57(74)75)66(98)86(10)56(68(100)88-34-19-14-20-35-88)41-59(92)84(8)54(38-43(2)3)61(93)80-60/h43-57,60H,12-42H2,1-11H3,(H,79,91)(H,80,93)(H,81,94)/t44-,45-,47?,48?,49?,50-,51-,52-,53-,54-,55-,56-,60-/m0/s1. The van der Waals surface area contributed by atoms with Crippen molar-refractivity contribution in [2.45, 2.75) is 279 Å². The second kappa shape index (κ2) is 36.5. The Morgan fingerprint density at radius 2 is 1.24 bits per heavy atom. The SMILES string of the molecule is CC[C@H](C)[C@@H]1NC(=O)[C@H](CC(C)C)N(C)C(=O)C[C@@H](C(=O)N2CCCCC2)N(C)C(=O)[C@H](CCC(F)F)N(C)C(=O)C2(CCCC2)NC(=O)[C@@H]2CCCN2C(=O)[C@H](CCC2CCC(C(F)(F)F)C(Cl)C2)NC(=O)CN(C)C(=O)[C@H](CC2CCCCC2)N(C)C(=O)[C@@H]2CCN2C(=O)[C@H](C)N(C)C1=O. The topological polar surface area (TPSA) is 270 Å². The lowest BCUT2D eigenvalue weighted by atomic mass is 9.78. The fourth-order valence-corrected chi connectivity index (χ4v) is 16.9. The Balaban J connectivity index is 1.28. The van der Waals surface area contributed by atoms with Gasteiger partial charge < -0.3 is 60.0 Å². The number of carbonyl (C=O) groups excluding carboxylic acids is 12. The molecule has 1 spiro atoms. The van der Waals surface area contributed by atoms with Crippen molar-refractivity contribution < 1.29 is 79.5 Å². The van der Waals surface area contributed by atoms with Crippen molar-refractivity contribution in [3.05, 3.63) is 0 Å². The van der Waals surface area contributed by atoms with Crippen molar-refractivity contribution in [3.8, 4) is 0 Å².